The average molecular weight is 740 g/mol. The lowest BCUT2D eigenvalue weighted by atomic mass is 9.67. The number of hydrogen-bond acceptors (Lipinski definition) is 1. The Morgan fingerprint density at radius 1 is 0.431 bits per heavy atom. The maximum atomic E-state index is 5.13. The SMILES string of the molecule is C1=C[C@@H]2C=C(c3cccc(-c4ccc5c(c4)C(c4ccccc4)(c4ccccc4)c4ccccc4-5)c3)C2CC=C1c1cc(-c2ccccc2)nc(-c2ccccc2)c1. The summed E-state index contributed by atoms with van der Waals surface area (Å²) >= 11 is 0. The molecule has 8 aromatic rings. The van der Waals surface area contributed by atoms with Gasteiger partial charge in [-0.3, -0.25) is 0 Å². The molecule has 274 valence electrons. The summed E-state index contributed by atoms with van der Waals surface area (Å²) in [5.74, 6) is 0.846. The first-order valence-corrected chi connectivity index (χ1v) is 20.4. The van der Waals surface area contributed by atoms with E-state index in [2.05, 4.69) is 224 Å². The molecule has 1 aromatic heterocycles. The molecule has 0 fully saturated rings. The minimum Gasteiger partial charge on any atom is -0.248 e. The topological polar surface area (TPSA) is 12.9 Å². The second-order valence-electron chi connectivity index (χ2n) is 15.8. The van der Waals surface area contributed by atoms with Crippen molar-refractivity contribution in [2.75, 3.05) is 0 Å². The summed E-state index contributed by atoms with van der Waals surface area (Å²) < 4.78 is 0. The number of allylic oxidation sites excluding steroid dienone is 6. The predicted octanol–water partition coefficient (Wildman–Crippen LogP) is 14.1. The van der Waals surface area contributed by atoms with E-state index < -0.39 is 5.41 Å². The first-order chi connectivity index (χ1) is 28.7. The van der Waals surface area contributed by atoms with Gasteiger partial charge in [0.05, 0.1) is 16.8 Å². The van der Waals surface area contributed by atoms with Crippen LogP contribution in [-0.2, 0) is 5.41 Å². The molecule has 1 heterocycles. The highest BCUT2D eigenvalue weighted by molar-refractivity contribution is 5.89. The Morgan fingerprint density at radius 2 is 0.983 bits per heavy atom. The average Bonchev–Trinajstić information content (AvgIpc) is 3.49. The molecule has 1 unspecified atom stereocenters. The molecule has 0 N–H and O–H groups in total. The van der Waals surface area contributed by atoms with Crippen LogP contribution in [0.4, 0.5) is 0 Å². The zero-order valence-corrected chi connectivity index (χ0v) is 32.2. The Labute approximate surface area is 341 Å². The van der Waals surface area contributed by atoms with Crippen LogP contribution in [0.3, 0.4) is 0 Å². The minimum atomic E-state index is -0.416. The first kappa shape index (κ1) is 34.2. The molecule has 0 radical (unpaired) electrons. The van der Waals surface area contributed by atoms with E-state index in [0.717, 1.165) is 28.9 Å². The van der Waals surface area contributed by atoms with Gasteiger partial charge in [-0.25, -0.2) is 4.98 Å². The van der Waals surface area contributed by atoms with Gasteiger partial charge in [0.1, 0.15) is 0 Å². The summed E-state index contributed by atoms with van der Waals surface area (Å²) in [6.07, 6.45) is 10.7. The fraction of sp³-hybridized carbons (Fsp3) is 0.0702. The standard InChI is InChI=1S/C57H41N/c1-5-16-40(17-6-1)55-37-46(38-56(58-55)41-18-7-2-8-19-41)39-28-29-45-35-52(49(45)32-30-39)44-21-15-20-42(34-44)43-31-33-51-50-26-13-14-27-53(50)57(54(51)36-43,47-22-9-3-10-23-47)48-24-11-4-12-25-48/h1-31,33-38,45,49H,32H2/t45-,49?/m1/s1. The number of rotatable bonds is 7. The van der Waals surface area contributed by atoms with E-state index in [0.29, 0.717) is 11.8 Å². The Hall–Kier alpha value is -7.09. The van der Waals surface area contributed by atoms with Gasteiger partial charge in [0.15, 0.2) is 0 Å². The number of aromatic nitrogens is 1. The largest absolute Gasteiger partial charge is 0.248 e. The van der Waals surface area contributed by atoms with E-state index in [4.69, 9.17) is 4.98 Å². The van der Waals surface area contributed by atoms with Crippen molar-refractivity contribution in [3.05, 3.63) is 258 Å². The van der Waals surface area contributed by atoms with Crippen LogP contribution in [0.5, 0.6) is 0 Å². The maximum absolute atomic E-state index is 5.13. The van der Waals surface area contributed by atoms with E-state index in [1.54, 1.807) is 0 Å². The van der Waals surface area contributed by atoms with Crippen molar-refractivity contribution in [1.29, 1.82) is 0 Å². The molecule has 1 heteroatoms. The van der Waals surface area contributed by atoms with Crippen LogP contribution >= 0.6 is 0 Å². The fourth-order valence-corrected chi connectivity index (χ4v) is 9.78. The molecule has 0 aliphatic heterocycles. The lowest BCUT2D eigenvalue weighted by molar-refractivity contribution is 0.536. The van der Waals surface area contributed by atoms with Crippen LogP contribution in [0.15, 0.2) is 224 Å². The molecule has 58 heavy (non-hydrogen) atoms. The molecular formula is C57H41N. The van der Waals surface area contributed by atoms with Gasteiger partial charge in [-0.2, -0.15) is 0 Å². The van der Waals surface area contributed by atoms with Crippen LogP contribution in [-0.4, -0.2) is 4.98 Å². The molecule has 0 saturated heterocycles. The third-order valence-corrected chi connectivity index (χ3v) is 12.6. The lowest BCUT2D eigenvalue weighted by Gasteiger charge is -2.34. The van der Waals surface area contributed by atoms with Crippen LogP contribution in [0.2, 0.25) is 0 Å². The van der Waals surface area contributed by atoms with Gasteiger partial charge in [-0.05, 0) is 103 Å². The van der Waals surface area contributed by atoms with Gasteiger partial charge in [-0.1, -0.05) is 200 Å². The summed E-state index contributed by atoms with van der Waals surface area (Å²) in [7, 11) is 0. The van der Waals surface area contributed by atoms with Crippen molar-refractivity contribution in [2.24, 2.45) is 11.8 Å². The molecule has 0 spiro atoms. The Morgan fingerprint density at radius 3 is 1.66 bits per heavy atom. The fourth-order valence-electron chi connectivity index (χ4n) is 9.78. The predicted molar refractivity (Wildman–Crippen MR) is 241 cm³/mol. The first-order valence-electron chi connectivity index (χ1n) is 20.4. The maximum Gasteiger partial charge on any atom is 0.0715 e. The molecule has 3 aliphatic carbocycles. The molecule has 0 amide bonds. The van der Waals surface area contributed by atoms with Crippen molar-refractivity contribution >= 4 is 11.1 Å². The van der Waals surface area contributed by atoms with Crippen molar-refractivity contribution in [1.82, 2.24) is 4.98 Å². The van der Waals surface area contributed by atoms with Gasteiger partial charge in [0.2, 0.25) is 0 Å². The van der Waals surface area contributed by atoms with E-state index in [1.807, 2.05) is 0 Å². The summed E-state index contributed by atoms with van der Waals surface area (Å²) in [6.45, 7) is 0. The third-order valence-electron chi connectivity index (χ3n) is 12.6. The number of benzene rings is 7. The highest BCUT2D eigenvalue weighted by Crippen LogP contribution is 2.57. The van der Waals surface area contributed by atoms with Crippen molar-refractivity contribution < 1.29 is 0 Å². The Balaban J connectivity index is 0.939. The zero-order valence-electron chi connectivity index (χ0n) is 32.2. The molecule has 3 aliphatic rings. The molecular weight excluding hydrogens is 699 g/mol. The Kier molecular flexibility index (Phi) is 8.33. The highest BCUT2D eigenvalue weighted by Gasteiger charge is 2.46. The molecule has 0 saturated carbocycles. The van der Waals surface area contributed by atoms with Gasteiger partial charge < -0.3 is 0 Å². The van der Waals surface area contributed by atoms with Crippen LogP contribution in [0.1, 0.15) is 39.8 Å². The van der Waals surface area contributed by atoms with Crippen LogP contribution in [0.25, 0.3) is 55.9 Å². The second kappa shape index (κ2) is 14.1. The van der Waals surface area contributed by atoms with Crippen LogP contribution < -0.4 is 0 Å². The summed E-state index contributed by atoms with van der Waals surface area (Å²) in [6, 6.07) is 73.1. The molecule has 2 atom stereocenters. The summed E-state index contributed by atoms with van der Waals surface area (Å²) in [4.78, 5) is 5.13. The third kappa shape index (κ3) is 5.65. The van der Waals surface area contributed by atoms with Crippen molar-refractivity contribution in [2.45, 2.75) is 11.8 Å². The Bertz CT molecular complexity index is 2800. The van der Waals surface area contributed by atoms with E-state index >= 15 is 0 Å². The van der Waals surface area contributed by atoms with Gasteiger partial charge in [0, 0.05) is 17.0 Å². The summed E-state index contributed by atoms with van der Waals surface area (Å²) in [5.41, 5.74) is 19.4. The number of hydrogen-bond donors (Lipinski definition) is 0. The van der Waals surface area contributed by atoms with Gasteiger partial charge in [-0.15, -0.1) is 0 Å². The monoisotopic (exact) mass is 739 g/mol. The minimum absolute atomic E-state index is 0.410. The molecule has 11 rings (SSSR count). The van der Waals surface area contributed by atoms with E-state index in [9.17, 15) is 0 Å². The zero-order chi connectivity index (χ0) is 38.5. The van der Waals surface area contributed by atoms with Crippen LogP contribution in [0, 0.1) is 11.8 Å². The van der Waals surface area contributed by atoms with Crippen molar-refractivity contribution in [3.63, 3.8) is 0 Å². The van der Waals surface area contributed by atoms with E-state index in [-0.39, 0.29) is 0 Å². The summed E-state index contributed by atoms with van der Waals surface area (Å²) in [5, 5.41) is 0. The second-order valence-corrected chi connectivity index (χ2v) is 15.8. The van der Waals surface area contributed by atoms with Crippen molar-refractivity contribution in [3.8, 4) is 44.8 Å². The molecule has 1 nitrogen and oxygen atoms in total. The smallest absolute Gasteiger partial charge is 0.0715 e. The number of pyridine rings is 1. The quantitative estimate of drug-likeness (QED) is 0.159. The number of nitrogens with zero attached hydrogens (tertiary/aromatic N) is 1. The molecule has 7 aromatic carbocycles. The molecule has 0 bridgehead atoms. The highest BCUT2D eigenvalue weighted by atomic mass is 14.7. The van der Waals surface area contributed by atoms with Gasteiger partial charge in [0.25, 0.3) is 0 Å². The number of fused-ring (bicyclic) bond motifs is 4. The normalized spacial score (nSPS) is 17.2. The lowest BCUT2D eigenvalue weighted by Crippen LogP contribution is -2.28. The van der Waals surface area contributed by atoms with E-state index in [1.165, 1.54) is 66.8 Å². The van der Waals surface area contributed by atoms with Gasteiger partial charge >= 0.3 is 0 Å².